The minimum absolute atomic E-state index is 0.126. The van der Waals surface area contributed by atoms with Crippen LogP contribution in [0.15, 0.2) is 0 Å². The highest BCUT2D eigenvalue weighted by atomic mass is 19.4. The van der Waals surface area contributed by atoms with Crippen LogP contribution in [0.5, 0.6) is 0 Å². The Kier molecular flexibility index (Phi) is 2.73. The molecule has 2 saturated carbocycles. The topological polar surface area (TPSA) is 21.3 Å². The quantitative estimate of drug-likeness (QED) is 0.827. The molecule has 3 fully saturated rings. The zero-order valence-corrected chi connectivity index (χ0v) is 10.6. The molecule has 2 aliphatic carbocycles. The van der Waals surface area contributed by atoms with Gasteiger partial charge in [0.1, 0.15) is 0 Å². The second-order valence-corrected chi connectivity index (χ2v) is 6.23. The highest BCUT2D eigenvalue weighted by Gasteiger charge is 2.82. The van der Waals surface area contributed by atoms with Crippen LogP contribution in [-0.4, -0.2) is 32.5 Å². The molecule has 0 spiro atoms. The third-order valence-corrected chi connectivity index (χ3v) is 5.64. The number of alkyl halides is 3. The van der Waals surface area contributed by atoms with Crippen molar-refractivity contribution in [2.24, 2.45) is 16.7 Å². The molecule has 1 saturated heterocycles. The van der Waals surface area contributed by atoms with Crippen molar-refractivity contribution >= 4 is 0 Å². The van der Waals surface area contributed by atoms with Crippen molar-refractivity contribution in [3.8, 4) is 0 Å². The molecule has 18 heavy (non-hydrogen) atoms. The lowest BCUT2D eigenvalue weighted by Crippen LogP contribution is -2.36. The van der Waals surface area contributed by atoms with Crippen LogP contribution in [0.4, 0.5) is 13.2 Å². The molecule has 1 heterocycles. The maximum atomic E-state index is 13.3. The molecule has 2 unspecified atom stereocenters. The van der Waals surface area contributed by atoms with Crippen LogP contribution in [0.2, 0.25) is 0 Å². The van der Waals surface area contributed by atoms with Crippen LogP contribution in [0.1, 0.15) is 32.1 Å². The van der Waals surface area contributed by atoms with E-state index in [2.05, 4.69) is 5.32 Å². The Bertz CT molecular complexity index is 338. The monoisotopic (exact) mass is 263 g/mol. The number of fused-ring (bicyclic) bond motifs is 1. The van der Waals surface area contributed by atoms with Gasteiger partial charge in [0.15, 0.2) is 0 Å². The second kappa shape index (κ2) is 3.85. The fraction of sp³-hybridized carbons (Fsp3) is 1.00. The first kappa shape index (κ1) is 12.7. The smallest absolute Gasteiger partial charge is 0.381 e. The van der Waals surface area contributed by atoms with Crippen LogP contribution in [0.3, 0.4) is 0 Å². The first-order valence-electron chi connectivity index (χ1n) is 6.75. The summed E-state index contributed by atoms with van der Waals surface area (Å²) in [6.07, 6.45) is 0.156. The number of piperidine rings is 1. The van der Waals surface area contributed by atoms with Crippen molar-refractivity contribution < 1.29 is 17.9 Å². The first-order chi connectivity index (χ1) is 8.45. The van der Waals surface area contributed by atoms with Crippen LogP contribution in [-0.2, 0) is 4.74 Å². The van der Waals surface area contributed by atoms with Crippen molar-refractivity contribution in [2.45, 2.75) is 44.4 Å². The Labute approximate surface area is 105 Å². The van der Waals surface area contributed by atoms with E-state index >= 15 is 0 Å². The first-order valence-corrected chi connectivity index (χ1v) is 6.75. The Hall–Kier alpha value is -0.290. The van der Waals surface area contributed by atoms with Gasteiger partial charge in [0, 0.05) is 25.6 Å². The van der Waals surface area contributed by atoms with E-state index in [0.29, 0.717) is 13.0 Å². The Morgan fingerprint density at radius 2 is 1.78 bits per heavy atom. The van der Waals surface area contributed by atoms with Gasteiger partial charge in [0.25, 0.3) is 0 Å². The standard InChI is InChI=1S/C13H20F3NO/c1-18-10-4-2-9(3-5-10)11-6-12(11,8-17-7-11)13(14,15)16/h9-10,17H,2-8H2,1H3. The summed E-state index contributed by atoms with van der Waals surface area (Å²) in [6, 6.07) is 0. The highest BCUT2D eigenvalue weighted by molar-refractivity contribution is 5.25. The van der Waals surface area contributed by atoms with Crippen molar-refractivity contribution in [1.82, 2.24) is 5.32 Å². The normalized spacial score (nSPS) is 48.0. The molecule has 0 aromatic carbocycles. The van der Waals surface area contributed by atoms with Crippen LogP contribution >= 0.6 is 0 Å². The van der Waals surface area contributed by atoms with Gasteiger partial charge in [0.2, 0.25) is 0 Å². The second-order valence-electron chi connectivity index (χ2n) is 6.23. The van der Waals surface area contributed by atoms with Crippen LogP contribution in [0, 0.1) is 16.7 Å². The van der Waals surface area contributed by atoms with Crippen molar-refractivity contribution in [2.75, 3.05) is 20.2 Å². The van der Waals surface area contributed by atoms with E-state index in [1.54, 1.807) is 7.11 Å². The molecule has 0 aromatic heterocycles. The van der Waals surface area contributed by atoms with Gasteiger partial charge >= 0.3 is 6.18 Å². The van der Waals surface area contributed by atoms with Crippen molar-refractivity contribution in [3.05, 3.63) is 0 Å². The Balaban J connectivity index is 1.74. The zero-order valence-electron chi connectivity index (χ0n) is 10.6. The van der Waals surface area contributed by atoms with Gasteiger partial charge in [-0.3, -0.25) is 0 Å². The summed E-state index contributed by atoms with van der Waals surface area (Å²) < 4.78 is 45.1. The third kappa shape index (κ3) is 1.49. The number of rotatable bonds is 2. The maximum Gasteiger partial charge on any atom is 0.396 e. The molecule has 3 aliphatic rings. The van der Waals surface area contributed by atoms with E-state index in [1.165, 1.54) is 0 Å². The fourth-order valence-electron chi connectivity index (χ4n) is 4.48. The van der Waals surface area contributed by atoms with Gasteiger partial charge in [-0.1, -0.05) is 0 Å². The van der Waals surface area contributed by atoms with Gasteiger partial charge in [-0.25, -0.2) is 0 Å². The molecule has 0 aromatic rings. The number of methoxy groups -OCH3 is 1. The lowest BCUT2D eigenvalue weighted by Gasteiger charge is -2.34. The fourth-order valence-corrected chi connectivity index (χ4v) is 4.48. The SMILES string of the molecule is COC1CCC(C23CNCC2(C(F)(F)F)C3)CC1. The highest BCUT2D eigenvalue weighted by Crippen LogP contribution is 2.77. The van der Waals surface area contributed by atoms with Crippen molar-refractivity contribution in [1.29, 1.82) is 0 Å². The van der Waals surface area contributed by atoms with Gasteiger partial charge in [-0.05, 0) is 38.0 Å². The summed E-state index contributed by atoms with van der Waals surface area (Å²) >= 11 is 0. The lowest BCUT2D eigenvalue weighted by molar-refractivity contribution is -0.194. The van der Waals surface area contributed by atoms with E-state index < -0.39 is 17.0 Å². The minimum atomic E-state index is -4.05. The molecule has 1 N–H and O–H groups in total. The average Bonchev–Trinajstić information content (AvgIpc) is 2.88. The number of nitrogens with one attached hydrogen (secondary N) is 1. The summed E-state index contributed by atoms with van der Waals surface area (Å²) in [5.74, 6) is 0.223. The van der Waals surface area contributed by atoms with Crippen molar-refractivity contribution in [3.63, 3.8) is 0 Å². The third-order valence-electron chi connectivity index (χ3n) is 5.64. The van der Waals surface area contributed by atoms with Gasteiger partial charge in [-0.2, -0.15) is 13.2 Å². The number of hydrogen-bond donors (Lipinski definition) is 1. The summed E-state index contributed by atoms with van der Waals surface area (Å²) in [4.78, 5) is 0. The van der Waals surface area contributed by atoms with Gasteiger partial charge < -0.3 is 10.1 Å². The van der Waals surface area contributed by atoms with Crippen LogP contribution in [0.25, 0.3) is 0 Å². The number of halogens is 3. The molecular weight excluding hydrogens is 243 g/mol. The largest absolute Gasteiger partial charge is 0.396 e. The predicted molar refractivity (Wildman–Crippen MR) is 61.2 cm³/mol. The molecule has 104 valence electrons. The lowest BCUT2D eigenvalue weighted by atomic mass is 9.73. The van der Waals surface area contributed by atoms with E-state index in [4.69, 9.17) is 4.74 Å². The maximum absolute atomic E-state index is 13.3. The molecular formula is C13H20F3NO. The van der Waals surface area contributed by atoms with Gasteiger partial charge in [-0.15, -0.1) is 0 Å². The summed E-state index contributed by atoms with van der Waals surface area (Å²) in [7, 11) is 1.69. The predicted octanol–water partition coefficient (Wildman–Crippen LogP) is 2.73. The molecule has 5 heteroatoms. The number of hydrogen-bond acceptors (Lipinski definition) is 2. The summed E-state index contributed by atoms with van der Waals surface area (Å²) in [5.41, 5.74) is -1.91. The Morgan fingerprint density at radius 3 is 2.28 bits per heavy atom. The summed E-state index contributed by atoms with van der Waals surface area (Å²) in [5, 5.41) is 2.98. The molecule has 0 radical (unpaired) electrons. The number of ether oxygens (including phenoxy) is 1. The Morgan fingerprint density at radius 1 is 1.11 bits per heavy atom. The van der Waals surface area contributed by atoms with E-state index in [1.807, 2.05) is 0 Å². The van der Waals surface area contributed by atoms with E-state index in [-0.39, 0.29) is 18.6 Å². The molecule has 1 aliphatic heterocycles. The molecule has 0 amide bonds. The van der Waals surface area contributed by atoms with E-state index in [9.17, 15) is 13.2 Å². The van der Waals surface area contributed by atoms with Gasteiger partial charge in [0.05, 0.1) is 11.5 Å². The molecule has 2 nitrogen and oxygen atoms in total. The summed E-state index contributed by atoms with van der Waals surface area (Å²) in [6.45, 7) is 0.676. The molecule has 3 rings (SSSR count). The molecule has 2 atom stereocenters. The van der Waals surface area contributed by atoms with E-state index in [0.717, 1.165) is 25.7 Å². The molecule has 0 bridgehead atoms. The minimum Gasteiger partial charge on any atom is -0.381 e. The average molecular weight is 263 g/mol. The zero-order chi connectivity index (χ0) is 13.0. The van der Waals surface area contributed by atoms with Crippen LogP contribution < -0.4 is 5.32 Å².